The Balaban J connectivity index is 1.83. The molecule has 1 saturated heterocycles. The molecular formula is C16H31NO. The zero-order valence-corrected chi connectivity index (χ0v) is 12.3. The molecule has 1 atom stereocenters. The van der Waals surface area contributed by atoms with E-state index in [2.05, 4.69) is 18.7 Å². The number of likely N-dealkylation sites (tertiary alicyclic amines) is 1. The van der Waals surface area contributed by atoms with Gasteiger partial charge in [0.2, 0.25) is 0 Å². The monoisotopic (exact) mass is 253 g/mol. The first-order valence-electron chi connectivity index (χ1n) is 8.00. The molecule has 1 aliphatic heterocycles. The molecule has 2 rings (SSSR count). The van der Waals surface area contributed by atoms with E-state index in [1.54, 1.807) is 0 Å². The molecule has 1 heterocycles. The van der Waals surface area contributed by atoms with Gasteiger partial charge in [-0.15, -0.1) is 0 Å². The number of aliphatic hydroxyl groups excluding tert-OH is 1. The molecular weight excluding hydrogens is 222 g/mol. The molecule has 1 saturated carbocycles. The summed E-state index contributed by atoms with van der Waals surface area (Å²) < 4.78 is 0. The fraction of sp³-hybridized carbons (Fsp3) is 1.00. The van der Waals surface area contributed by atoms with Crippen molar-refractivity contribution in [3.05, 3.63) is 0 Å². The summed E-state index contributed by atoms with van der Waals surface area (Å²) in [6.45, 7) is 8.74. The van der Waals surface area contributed by atoms with Crippen molar-refractivity contribution in [2.75, 3.05) is 26.2 Å². The van der Waals surface area contributed by atoms with Crippen molar-refractivity contribution in [2.45, 2.75) is 58.8 Å². The fourth-order valence-corrected chi connectivity index (χ4v) is 3.92. The van der Waals surface area contributed by atoms with Gasteiger partial charge in [0.15, 0.2) is 0 Å². The van der Waals surface area contributed by atoms with Gasteiger partial charge in [0.05, 0.1) is 0 Å². The Hall–Kier alpha value is -0.0800. The molecule has 2 nitrogen and oxygen atoms in total. The van der Waals surface area contributed by atoms with Crippen molar-refractivity contribution >= 4 is 0 Å². The lowest BCUT2D eigenvalue weighted by Gasteiger charge is -2.40. The summed E-state index contributed by atoms with van der Waals surface area (Å²) in [4.78, 5) is 2.63. The van der Waals surface area contributed by atoms with Gasteiger partial charge in [-0.1, -0.05) is 33.1 Å². The Morgan fingerprint density at radius 2 is 1.94 bits per heavy atom. The second kappa shape index (κ2) is 6.38. The lowest BCUT2D eigenvalue weighted by molar-refractivity contribution is 0.0349. The predicted octanol–water partition coefficient (Wildman–Crippen LogP) is 3.30. The minimum atomic E-state index is 0.230. The van der Waals surface area contributed by atoms with Crippen molar-refractivity contribution in [3.63, 3.8) is 0 Å². The average molecular weight is 253 g/mol. The molecule has 0 bridgehead atoms. The highest BCUT2D eigenvalue weighted by molar-refractivity contribution is 4.89. The molecule has 0 aromatic rings. The van der Waals surface area contributed by atoms with Crippen molar-refractivity contribution in [1.29, 1.82) is 0 Å². The van der Waals surface area contributed by atoms with Crippen molar-refractivity contribution in [2.24, 2.45) is 17.3 Å². The number of nitrogens with zero attached hydrogens (tertiary/aromatic N) is 1. The molecule has 1 aliphatic carbocycles. The summed E-state index contributed by atoms with van der Waals surface area (Å²) in [5, 5.41) is 9.83. The van der Waals surface area contributed by atoms with E-state index in [0.29, 0.717) is 6.61 Å². The molecule has 0 radical (unpaired) electrons. The van der Waals surface area contributed by atoms with Crippen LogP contribution in [0.1, 0.15) is 58.8 Å². The van der Waals surface area contributed by atoms with E-state index in [-0.39, 0.29) is 5.41 Å². The van der Waals surface area contributed by atoms with E-state index in [9.17, 15) is 5.11 Å². The number of hydrogen-bond acceptors (Lipinski definition) is 2. The summed E-state index contributed by atoms with van der Waals surface area (Å²) in [5.74, 6) is 1.80. The SMILES string of the molecule is CCCC1CCN(CC2(CO)CCC(C)CC2)C1. The molecule has 2 aliphatic rings. The average Bonchev–Trinajstić information content (AvgIpc) is 2.80. The summed E-state index contributed by atoms with van der Waals surface area (Å²) in [7, 11) is 0. The third-order valence-corrected chi connectivity index (χ3v) is 5.30. The van der Waals surface area contributed by atoms with E-state index in [1.165, 1.54) is 58.0 Å². The maximum atomic E-state index is 9.83. The maximum absolute atomic E-state index is 9.83. The van der Waals surface area contributed by atoms with E-state index in [1.807, 2.05) is 0 Å². The minimum Gasteiger partial charge on any atom is -0.396 e. The second-order valence-corrected chi connectivity index (χ2v) is 7.02. The van der Waals surface area contributed by atoms with Crippen LogP contribution in [0.15, 0.2) is 0 Å². The largest absolute Gasteiger partial charge is 0.396 e. The minimum absolute atomic E-state index is 0.230. The van der Waals surface area contributed by atoms with Crippen LogP contribution < -0.4 is 0 Å². The van der Waals surface area contributed by atoms with Crippen LogP contribution in [0.2, 0.25) is 0 Å². The topological polar surface area (TPSA) is 23.5 Å². The van der Waals surface area contributed by atoms with E-state index < -0.39 is 0 Å². The van der Waals surface area contributed by atoms with Crippen molar-refractivity contribution < 1.29 is 5.11 Å². The van der Waals surface area contributed by atoms with Gasteiger partial charge < -0.3 is 10.0 Å². The third-order valence-electron chi connectivity index (χ3n) is 5.30. The van der Waals surface area contributed by atoms with Gasteiger partial charge in [-0.25, -0.2) is 0 Å². The van der Waals surface area contributed by atoms with E-state index in [0.717, 1.165) is 18.4 Å². The summed E-state index contributed by atoms with van der Waals surface area (Å²) in [6, 6.07) is 0. The van der Waals surface area contributed by atoms with Gasteiger partial charge >= 0.3 is 0 Å². The van der Waals surface area contributed by atoms with Crippen LogP contribution in [-0.4, -0.2) is 36.2 Å². The lowest BCUT2D eigenvalue weighted by atomic mass is 9.71. The molecule has 2 heteroatoms. The molecule has 0 aromatic carbocycles. The molecule has 2 fully saturated rings. The quantitative estimate of drug-likeness (QED) is 0.812. The first-order valence-corrected chi connectivity index (χ1v) is 8.00. The molecule has 18 heavy (non-hydrogen) atoms. The molecule has 106 valence electrons. The third kappa shape index (κ3) is 3.48. The first-order chi connectivity index (χ1) is 8.67. The lowest BCUT2D eigenvalue weighted by Crippen LogP contribution is -2.41. The van der Waals surface area contributed by atoms with Crippen LogP contribution in [0.5, 0.6) is 0 Å². The second-order valence-electron chi connectivity index (χ2n) is 7.02. The standard InChI is InChI=1S/C16H31NO/c1-3-4-15-7-10-17(11-15)12-16(13-18)8-5-14(2)6-9-16/h14-15,18H,3-13H2,1-2H3. The number of rotatable bonds is 5. The Labute approximate surface area is 113 Å². The van der Waals surface area contributed by atoms with Gasteiger partial charge in [-0.3, -0.25) is 0 Å². The highest BCUT2D eigenvalue weighted by Crippen LogP contribution is 2.40. The predicted molar refractivity (Wildman–Crippen MR) is 76.6 cm³/mol. The Kier molecular flexibility index (Phi) is 5.08. The Morgan fingerprint density at radius 1 is 1.22 bits per heavy atom. The van der Waals surface area contributed by atoms with Gasteiger partial charge in [0, 0.05) is 25.1 Å². The highest BCUT2D eigenvalue weighted by Gasteiger charge is 2.36. The zero-order valence-electron chi connectivity index (χ0n) is 12.3. The smallest absolute Gasteiger partial charge is 0.0499 e. The molecule has 1 unspecified atom stereocenters. The molecule has 0 spiro atoms. The van der Waals surface area contributed by atoms with Crippen LogP contribution in [0.3, 0.4) is 0 Å². The van der Waals surface area contributed by atoms with Crippen LogP contribution in [0.4, 0.5) is 0 Å². The fourth-order valence-electron chi connectivity index (χ4n) is 3.92. The molecule has 1 N–H and O–H groups in total. The highest BCUT2D eigenvalue weighted by atomic mass is 16.3. The van der Waals surface area contributed by atoms with Gasteiger partial charge in [-0.05, 0) is 44.1 Å². The van der Waals surface area contributed by atoms with Crippen LogP contribution in [0.25, 0.3) is 0 Å². The maximum Gasteiger partial charge on any atom is 0.0499 e. The molecule has 0 amide bonds. The number of hydrogen-bond donors (Lipinski definition) is 1. The van der Waals surface area contributed by atoms with Crippen LogP contribution in [0, 0.1) is 17.3 Å². The first kappa shape index (κ1) is 14.3. The zero-order chi connectivity index (χ0) is 13.0. The van der Waals surface area contributed by atoms with Crippen LogP contribution >= 0.6 is 0 Å². The van der Waals surface area contributed by atoms with Crippen LogP contribution in [-0.2, 0) is 0 Å². The van der Waals surface area contributed by atoms with Gasteiger partial charge in [0.25, 0.3) is 0 Å². The number of aliphatic hydroxyl groups is 1. The van der Waals surface area contributed by atoms with Crippen molar-refractivity contribution in [3.8, 4) is 0 Å². The Morgan fingerprint density at radius 3 is 2.56 bits per heavy atom. The normalized spacial score (nSPS) is 38.2. The summed E-state index contributed by atoms with van der Waals surface area (Å²) >= 11 is 0. The van der Waals surface area contributed by atoms with E-state index >= 15 is 0 Å². The van der Waals surface area contributed by atoms with Gasteiger partial charge in [0.1, 0.15) is 0 Å². The van der Waals surface area contributed by atoms with E-state index in [4.69, 9.17) is 0 Å². The van der Waals surface area contributed by atoms with Gasteiger partial charge in [-0.2, -0.15) is 0 Å². The summed E-state index contributed by atoms with van der Waals surface area (Å²) in [6.07, 6.45) is 9.19. The molecule has 0 aromatic heterocycles. The summed E-state index contributed by atoms with van der Waals surface area (Å²) in [5.41, 5.74) is 0.230. The Bertz CT molecular complexity index is 245. The van der Waals surface area contributed by atoms with Crippen molar-refractivity contribution in [1.82, 2.24) is 4.90 Å².